The van der Waals surface area contributed by atoms with Gasteiger partial charge in [0.15, 0.2) is 0 Å². The second kappa shape index (κ2) is 5.48. The van der Waals surface area contributed by atoms with Crippen LogP contribution >= 0.6 is 0 Å². The number of rotatable bonds is 2. The SMILES string of the molecule is CC1CC(C)CC(CN)(N2CC(C)OCC2C)C1. The first kappa shape index (κ1) is 14.3. The molecule has 0 aromatic carbocycles. The van der Waals surface area contributed by atoms with Crippen LogP contribution in [0.2, 0.25) is 0 Å². The van der Waals surface area contributed by atoms with Gasteiger partial charge >= 0.3 is 0 Å². The van der Waals surface area contributed by atoms with Crippen LogP contribution in [0.5, 0.6) is 0 Å². The van der Waals surface area contributed by atoms with Gasteiger partial charge in [-0.1, -0.05) is 13.8 Å². The van der Waals surface area contributed by atoms with E-state index in [1.54, 1.807) is 0 Å². The molecule has 2 rings (SSSR count). The van der Waals surface area contributed by atoms with Gasteiger partial charge in [0.25, 0.3) is 0 Å². The van der Waals surface area contributed by atoms with Crippen molar-refractivity contribution < 1.29 is 4.74 Å². The third kappa shape index (κ3) is 2.73. The van der Waals surface area contributed by atoms with Gasteiger partial charge in [-0.25, -0.2) is 0 Å². The third-order valence-electron chi connectivity index (χ3n) is 4.86. The summed E-state index contributed by atoms with van der Waals surface area (Å²) in [6, 6.07) is 0.502. The van der Waals surface area contributed by atoms with Crippen molar-refractivity contribution in [2.45, 2.75) is 64.6 Å². The summed E-state index contributed by atoms with van der Waals surface area (Å²) in [4.78, 5) is 2.66. The van der Waals surface area contributed by atoms with Gasteiger partial charge in [-0.2, -0.15) is 0 Å². The quantitative estimate of drug-likeness (QED) is 0.821. The highest BCUT2D eigenvalue weighted by Crippen LogP contribution is 2.41. The lowest BCUT2D eigenvalue weighted by molar-refractivity contribution is -0.110. The molecule has 3 nitrogen and oxygen atoms in total. The van der Waals surface area contributed by atoms with Gasteiger partial charge in [-0.15, -0.1) is 0 Å². The topological polar surface area (TPSA) is 38.5 Å². The maximum atomic E-state index is 6.22. The van der Waals surface area contributed by atoms with Crippen molar-refractivity contribution in [3.05, 3.63) is 0 Å². The Bertz CT molecular complexity index is 272. The van der Waals surface area contributed by atoms with Crippen molar-refractivity contribution in [3.63, 3.8) is 0 Å². The Hall–Kier alpha value is -0.120. The van der Waals surface area contributed by atoms with E-state index in [4.69, 9.17) is 10.5 Å². The summed E-state index contributed by atoms with van der Waals surface area (Å²) in [7, 11) is 0. The minimum Gasteiger partial charge on any atom is -0.376 e. The second-order valence-electron chi connectivity index (χ2n) is 6.93. The van der Waals surface area contributed by atoms with Crippen molar-refractivity contribution >= 4 is 0 Å². The van der Waals surface area contributed by atoms with E-state index >= 15 is 0 Å². The van der Waals surface area contributed by atoms with Crippen LogP contribution < -0.4 is 5.73 Å². The molecule has 1 aliphatic carbocycles. The second-order valence-corrected chi connectivity index (χ2v) is 6.93. The monoisotopic (exact) mass is 254 g/mol. The smallest absolute Gasteiger partial charge is 0.0675 e. The number of hydrogen-bond donors (Lipinski definition) is 1. The maximum absolute atomic E-state index is 6.22. The molecule has 1 heterocycles. The molecule has 0 bridgehead atoms. The normalized spacial score (nSPS) is 47.2. The first-order valence-corrected chi connectivity index (χ1v) is 7.55. The highest BCUT2D eigenvalue weighted by atomic mass is 16.5. The van der Waals surface area contributed by atoms with E-state index < -0.39 is 0 Å². The average Bonchev–Trinajstić information content (AvgIpc) is 2.31. The number of nitrogens with zero attached hydrogens (tertiary/aromatic N) is 1. The lowest BCUT2D eigenvalue weighted by Crippen LogP contribution is -2.64. The molecule has 1 aliphatic heterocycles. The Balaban J connectivity index is 2.19. The molecular formula is C15H30N2O. The highest BCUT2D eigenvalue weighted by Gasteiger charge is 2.44. The van der Waals surface area contributed by atoms with Crippen LogP contribution in [0.4, 0.5) is 0 Å². The molecule has 0 aromatic heterocycles. The molecule has 2 fully saturated rings. The summed E-state index contributed by atoms with van der Waals surface area (Å²) in [6.07, 6.45) is 4.21. The molecule has 0 spiro atoms. The van der Waals surface area contributed by atoms with Crippen molar-refractivity contribution in [1.82, 2.24) is 4.90 Å². The number of nitrogens with two attached hydrogens (primary N) is 1. The first-order valence-electron chi connectivity index (χ1n) is 7.55. The fourth-order valence-corrected chi connectivity index (χ4v) is 4.32. The molecule has 1 saturated heterocycles. The van der Waals surface area contributed by atoms with E-state index in [0.29, 0.717) is 12.1 Å². The highest BCUT2D eigenvalue weighted by molar-refractivity contribution is 5.00. The minimum atomic E-state index is 0.217. The minimum absolute atomic E-state index is 0.217. The molecule has 18 heavy (non-hydrogen) atoms. The fraction of sp³-hybridized carbons (Fsp3) is 1.00. The van der Waals surface area contributed by atoms with Gasteiger partial charge in [0.05, 0.1) is 12.7 Å². The first-order chi connectivity index (χ1) is 8.47. The Kier molecular flexibility index (Phi) is 4.35. The van der Waals surface area contributed by atoms with E-state index in [0.717, 1.165) is 31.5 Å². The van der Waals surface area contributed by atoms with Crippen molar-refractivity contribution in [2.24, 2.45) is 17.6 Å². The summed E-state index contributed by atoms with van der Waals surface area (Å²) in [5.74, 6) is 1.59. The van der Waals surface area contributed by atoms with Crippen LogP contribution in [-0.2, 0) is 4.74 Å². The number of morpholine rings is 1. The zero-order valence-corrected chi connectivity index (χ0v) is 12.5. The summed E-state index contributed by atoms with van der Waals surface area (Å²) in [5.41, 5.74) is 6.44. The maximum Gasteiger partial charge on any atom is 0.0675 e. The largest absolute Gasteiger partial charge is 0.376 e. The van der Waals surface area contributed by atoms with Gasteiger partial charge in [-0.05, 0) is 44.9 Å². The summed E-state index contributed by atoms with van der Waals surface area (Å²) >= 11 is 0. The van der Waals surface area contributed by atoms with E-state index in [-0.39, 0.29) is 5.54 Å². The fourth-order valence-electron chi connectivity index (χ4n) is 4.32. The Morgan fingerprint density at radius 3 is 2.33 bits per heavy atom. The molecule has 106 valence electrons. The van der Waals surface area contributed by atoms with Gasteiger partial charge in [0.1, 0.15) is 0 Å². The third-order valence-corrected chi connectivity index (χ3v) is 4.86. The van der Waals surface area contributed by atoms with E-state index in [9.17, 15) is 0 Å². The number of ether oxygens (including phenoxy) is 1. The average molecular weight is 254 g/mol. The van der Waals surface area contributed by atoms with Crippen LogP contribution in [0.15, 0.2) is 0 Å². The molecule has 4 atom stereocenters. The predicted octanol–water partition coefficient (Wildman–Crippen LogP) is 2.25. The Labute approximate surface area is 112 Å². The van der Waals surface area contributed by atoms with Gasteiger partial charge in [0, 0.05) is 24.7 Å². The van der Waals surface area contributed by atoms with Crippen molar-refractivity contribution in [2.75, 3.05) is 19.7 Å². The molecule has 3 heteroatoms. The zero-order chi connectivity index (χ0) is 13.3. The van der Waals surface area contributed by atoms with E-state index in [1.807, 2.05) is 0 Å². The van der Waals surface area contributed by atoms with E-state index in [1.165, 1.54) is 19.3 Å². The predicted molar refractivity (Wildman–Crippen MR) is 75.5 cm³/mol. The van der Waals surface area contributed by atoms with E-state index in [2.05, 4.69) is 32.6 Å². The molecular weight excluding hydrogens is 224 g/mol. The van der Waals surface area contributed by atoms with Crippen molar-refractivity contribution in [1.29, 1.82) is 0 Å². The lowest BCUT2D eigenvalue weighted by atomic mass is 9.70. The summed E-state index contributed by atoms with van der Waals surface area (Å²) in [5, 5.41) is 0. The van der Waals surface area contributed by atoms with Crippen LogP contribution in [0.1, 0.15) is 47.0 Å². The standard InChI is InChI=1S/C15H30N2O/c1-11-5-12(2)7-15(6-11,10-16)17-8-14(4)18-9-13(17)3/h11-14H,5-10,16H2,1-4H3. The Morgan fingerprint density at radius 1 is 1.17 bits per heavy atom. The molecule has 0 aromatic rings. The molecule has 2 N–H and O–H groups in total. The lowest BCUT2D eigenvalue weighted by Gasteiger charge is -2.54. The van der Waals surface area contributed by atoms with Gasteiger partial charge < -0.3 is 10.5 Å². The summed E-state index contributed by atoms with van der Waals surface area (Å²) < 4.78 is 5.77. The van der Waals surface area contributed by atoms with Crippen LogP contribution in [0.25, 0.3) is 0 Å². The van der Waals surface area contributed by atoms with Crippen LogP contribution in [0, 0.1) is 11.8 Å². The molecule has 0 radical (unpaired) electrons. The zero-order valence-electron chi connectivity index (χ0n) is 12.5. The molecule has 4 unspecified atom stereocenters. The van der Waals surface area contributed by atoms with Crippen LogP contribution in [-0.4, -0.2) is 42.3 Å². The van der Waals surface area contributed by atoms with Crippen molar-refractivity contribution in [3.8, 4) is 0 Å². The molecule has 0 amide bonds. The molecule has 1 saturated carbocycles. The van der Waals surface area contributed by atoms with Crippen LogP contribution in [0.3, 0.4) is 0 Å². The van der Waals surface area contributed by atoms with Gasteiger partial charge in [0.2, 0.25) is 0 Å². The summed E-state index contributed by atoms with van der Waals surface area (Å²) in [6.45, 7) is 11.9. The number of hydrogen-bond acceptors (Lipinski definition) is 3. The van der Waals surface area contributed by atoms with Gasteiger partial charge in [-0.3, -0.25) is 4.90 Å². The Morgan fingerprint density at radius 2 is 1.78 bits per heavy atom. The molecule has 2 aliphatic rings.